The van der Waals surface area contributed by atoms with Gasteiger partial charge in [0.15, 0.2) is 11.6 Å². The van der Waals surface area contributed by atoms with E-state index in [0.29, 0.717) is 18.9 Å². The Balaban J connectivity index is 2.46. The molecule has 0 aliphatic rings. The van der Waals surface area contributed by atoms with Crippen LogP contribution >= 0.6 is 0 Å². The smallest absolute Gasteiger partial charge is 0.165 e. The third-order valence-electron chi connectivity index (χ3n) is 3.13. The first-order valence-corrected chi connectivity index (χ1v) is 7.05. The molecule has 3 nitrogen and oxygen atoms in total. The molecule has 0 aliphatic heterocycles. The summed E-state index contributed by atoms with van der Waals surface area (Å²) < 4.78 is 19.3. The molecular weight excluding hydrogens is 243 g/mol. The number of ether oxygens (including phenoxy) is 1. The summed E-state index contributed by atoms with van der Waals surface area (Å²) in [5.41, 5.74) is 0.940. The van der Waals surface area contributed by atoms with Crippen LogP contribution in [0, 0.1) is 5.82 Å². The summed E-state index contributed by atoms with van der Waals surface area (Å²) in [6, 6.07) is 5.15. The number of benzene rings is 1. The van der Waals surface area contributed by atoms with Crippen LogP contribution < -0.4 is 10.1 Å². The Morgan fingerprint density at radius 3 is 2.53 bits per heavy atom. The minimum atomic E-state index is -0.282. The zero-order valence-corrected chi connectivity index (χ0v) is 12.2. The first-order chi connectivity index (χ1) is 9.21. The quantitative estimate of drug-likeness (QED) is 0.745. The highest BCUT2D eigenvalue weighted by molar-refractivity contribution is 5.29. The van der Waals surface area contributed by atoms with Gasteiger partial charge in [0.1, 0.15) is 6.61 Å². The molecule has 0 aromatic heterocycles. The average Bonchev–Trinajstić information content (AvgIpc) is 2.43. The van der Waals surface area contributed by atoms with Crippen molar-refractivity contribution >= 4 is 0 Å². The third-order valence-corrected chi connectivity index (χ3v) is 3.13. The van der Waals surface area contributed by atoms with Gasteiger partial charge in [0.25, 0.3) is 0 Å². The highest BCUT2D eigenvalue weighted by Crippen LogP contribution is 2.18. The molecule has 0 aliphatic carbocycles. The summed E-state index contributed by atoms with van der Waals surface area (Å²) in [5.74, 6) is 0.0577. The first-order valence-electron chi connectivity index (χ1n) is 7.05. The highest BCUT2D eigenvalue weighted by atomic mass is 19.1. The fourth-order valence-electron chi connectivity index (χ4n) is 1.87. The van der Waals surface area contributed by atoms with E-state index in [9.17, 15) is 4.39 Å². The van der Waals surface area contributed by atoms with Crippen LogP contribution in [-0.2, 0) is 6.54 Å². The number of nitrogens with one attached hydrogen (secondary N) is 1. The molecular formula is C15H25FN2O. The van der Waals surface area contributed by atoms with Gasteiger partial charge in [-0.05, 0) is 37.3 Å². The van der Waals surface area contributed by atoms with Crippen LogP contribution in [0.1, 0.15) is 26.3 Å². The predicted octanol–water partition coefficient (Wildman–Crippen LogP) is 2.66. The monoisotopic (exact) mass is 268 g/mol. The summed E-state index contributed by atoms with van der Waals surface area (Å²) in [6.45, 7) is 11.1. The van der Waals surface area contributed by atoms with Crippen molar-refractivity contribution in [1.82, 2.24) is 10.2 Å². The Morgan fingerprint density at radius 1 is 1.21 bits per heavy atom. The van der Waals surface area contributed by atoms with Crippen LogP contribution in [0.25, 0.3) is 0 Å². The maximum Gasteiger partial charge on any atom is 0.165 e. The number of halogens is 1. The summed E-state index contributed by atoms with van der Waals surface area (Å²) in [5, 5.41) is 3.17. The molecule has 0 bridgehead atoms. The van der Waals surface area contributed by atoms with E-state index in [4.69, 9.17) is 4.74 Å². The minimum absolute atomic E-state index is 0.282. The van der Waals surface area contributed by atoms with Gasteiger partial charge in [-0.3, -0.25) is 0 Å². The summed E-state index contributed by atoms with van der Waals surface area (Å²) in [7, 11) is 0. The summed E-state index contributed by atoms with van der Waals surface area (Å²) >= 11 is 0. The van der Waals surface area contributed by atoms with E-state index in [-0.39, 0.29) is 5.82 Å². The van der Waals surface area contributed by atoms with Crippen molar-refractivity contribution in [2.75, 3.05) is 32.8 Å². The number of hydrogen-bond acceptors (Lipinski definition) is 3. The Labute approximate surface area is 115 Å². The van der Waals surface area contributed by atoms with Gasteiger partial charge >= 0.3 is 0 Å². The maximum absolute atomic E-state index is 13.8. The molecule has 0 saturated heterocycles. The van der Waals surface area contributed by atoms with Crippen LogP contribution in [-0.4, -0.2) is 37.7 Å². The van der Waals surface area contributed by atoms with E-state index >= 15 is 0 Å². The number of rotatable bonds is 9. The molecule has 0 heterocycles. The lowest BCUT2D eigenvalue weighted by Gasteiger charge is -2.18. The van der Waals surface area contributed by atoms with Gasteiger partial charge in [-0.1, -0.05) is 26.8 Å². The predicted molar refractivity (Wildman–Crippen MR) is 77.1 cm³/mol. The second-order valence-electron chi connectivity index (χ2n) is 4.42. The SMILES string of the molecule is CCNCc1ccc(OCCN(CC)CC)c(F)c1. The standard InChI is InChI=1S/C15H25FN2O/c1-4-17-12-13-7-8-15(14(16)11-13)19-10-9-18(5-2)6-3/h7-8,11,17H,4-6,9-10,12H2,1-3H3. The third kappa shape index (κ3) is 5.57. The summed E-state index contributed by atoms with van der Waals surface area (Å²) in [6.07, 6.45) is 0. The van der Waals surface area contributed by atoms with Crippen molar-refractivity contribution in [3.63, 3.8) is 0 Å². The number of hydrogen-bond donors (Lipinski definition) is 1. The largest absolute Gasteiger partial charge is 0.489 e. The Morgan fingerprint density at radius 2 is 1.95 bits per heavy atom. The maximum atomic E-state index is 13.8. The molecule has 4 heteroatoms. The van der Waals surface area contributed by atoms with E-state index < -0.39 is 0 Å². The van der Waals surface area contributed by atoms with Crippen LogP contribution in [0.4, 0.5) is 4.39 Å². The molecule has 1 aromatic rings. The Kier molecular flexibility index (Phi) is 7.45. The van der Waals surface area contributed by atoms with Gasteiger partial charge in [0, 0.05) is 13.1 Å². The Bertz CT molecular complexity index is 367. The molecule has 0 spiro atoms. The molecule has 108 valence electrons. The van der Waals surface area contributed by atoms with Crippen molar-refractivity contribution in [3.05, 3.63) is 29.6 Å². The molecule has 19 heavy (non-hydrogen) atoms. The van der Waals surface area contributed by atoms with Crippen LogP contribution in [0.2, 0.25) is 0 Å². The van der Waals surface area contributed by atoms with Crippen LogP contribution in [0.5, 0.6) is 5.75 Å². The van der Waals surface area contributed by atoms with Crippen molar-refractivity contribution in [3.8, 4) is 5.75 Å². The average molecular weight is 268 g/mol. The van der Waals surface area contributed by atoms with Gasteiger partial charge in [-0.25, -0.2) is 4.39 Å². The second kappa shape index (κ2) is 8.88. The van der Waals surface area contributed by atoms with Gasteiger partial charge in [-0.15, -0.1) is 0 Å². The normalized spacial score (nSPS) is 11.0. The zero-order chi connectivity index (χ0) is 14.1. The van der Waals surface area contributed by atoms with Gasteiger partial charge in [-0.2, -0.15) is 0 Å². The van der Waals surface area contributed by atoms with Gasteiger partial charge < -0.3 is 15.0 Å². The van der Waals surface area contributed by atoms with E-state index in [1.807, 2.05) is 13.0 Å². The van der Waals surface area contributed by atoms with Crippen molar-refractivity contribution in [2.45, 2.75) is 27.3 Å². The Hall–Kier alpha value is -1.13. The minimum Gasteiger partial charge on any atom is -0.489 e. The number of nitrogens with zero attached hydrogens (tertiary/aromatic N) is 1. The zero-order valence-electron chi connectivity index (χ0n) is 12.2. The first kappa shape index (κ1) is 15.9. The van der Waals surface area contributed by atoms with E-state index in [0.717, 1.165) is 31.7 Å². The molecule has 1 aromatic carbocycles. The van der Waals surface area contributed by atoms with E-state index in [1.54, 1.807) is 6.07 Å². The fourth-order valence-corrected chi connectivity index (χ4v) is 1.87. The topological polar surface area (TPSA) is 24.5 Å². The molecule has 0 fully saturated rings. The summed E-state index contributed by atoms with van der Waals surface area (Å²) in [4.78, 5) is 2.25. The van der Waals surface area contributed by atoms with Gasteiger partial charge in [0.05, 0.1) is 0 Å². The molecule has 0 amide bonds. The van der Waals surface area contributed by atoms with Gasteiger partial charge in [0.2, 0.25) is 0 Å². The van der Waals surface area contributed by atoms with Crippen molar-refractivity contribution in [1.29, 1.82) is 0 Å². The van der Waals surface area contributed by atoms with E-state index in [2.05, 4.69) is 24.1 Å². The van der Waals surface area contributed by atoms with Crippen molar-refractivity contribution < 1.29 is 9.13 Å². The molecule has 0 saturated carbocycles. The van der Waals surface area contributed by atoms with Crippen LogP contribution in [0.3, 0.4) is 0 Å². The molecule has 1 rings (SSSR count). The molecule has 0 unspecified atom stereocenters. The second-order valence-corrected chi connectivity index (χ2v) is 4.42. The van der Waals surface area contributed by atoms with Crippen molar-refractivity contribution in [2.24, 2.45) is 0 Å². The lowest BCUT2D eigenvalue weighted by Crippen LogP contribution is -2.28. The lowest BCUT2D eigenvalue weighted by atomic mass is 10.2. The van der Waals surface area contributed by atoms with Crippen LogP contribution in [0.15, 0.2) is 18.2 Å². The van der Waals surface area contributed by atoms with E-state index in [1.165, 1.54) is 6.07 Å². The molecule has 1 N–H and O–H groups in total. The lowest BCUT2D eigenvalue weighted by molar-refractivity contribution is 0.217. The highest BCUT2D eigenvalue weighted by Gasteiger charge is 2.05. The fraction of sp³-hybridized carbons (Fsp3) is 0.600. The molecule has 0 atom stereocenters. The molecule has 0 radical (unpaired) electrons. The number of likely N-dealkylation sites (N-methyl/N-ethyl adjacent to an activating group) is 1.